The average Bonchev–Trinajstić information content (AvgIpc) is 2.66. The van der Waals surface area contributed by atoms with Gasteiger partial charge in [-0.25, -0.2) is 4.39 Å². The zero-order valence-corrected chi connectivity index (χ0v) is 12.5. The minimum Gasteiger partial charge on any atom is -0.327 e. The predicted octanol–water partition coefficient (Wildman–Crippen LogP) is 3.12. The number of hydrogen-bond donors (Lipinski definition) is 1. The number of aromatic nitrogens is 2. The van der Waals surface area contributed by atoms with Crippen LogP contribution >= 0.6 is 11.6 Å². The summed E-state index contributed by atoms with van der Waals surface area (Å²) in [6.45, 7) is 4.66. The van der Waals surface area contributed by atoms with Gasteiger partial charge in [0, 0.05) is 19.0 Å². The molecule has 0 radical (unpaired) electrons. The second kappa shape index (κ2) is 6.37. The van der Waals surface area contributed by atoms with Gasteiger partial charge in [-0.3, -0.25) is 4.68 Å². The van der Waals surface area contributed by atoms with Crippen LogP contribution in [0.1, 0.15) is 23.9 Å². The highest BCUT2D eigenvalue weighted by Crippen LogP contribution is 2.22. The fraction of sp³-hybridized carbons (Fsp3) is 0.400. The summed E-state index contributed by atoms with van der Waals surface area (Å²) in [5.41, 5.74) is 8.84. The van der Waals surface area contributed by atoms with Crippen LogP contribution in [0.25, 0.3) is 0 Å². The van der Waals surface area contributed by atoms with Crippen molar-refractivity contribution < 1.29 is 4.39 Å². The van der Waals surface area contributed by atoms with E-state index in [4.69, 9.17) is 17.3 Å². The summed E-state index contributed by atoms with van der Waals surface area (Å²) < 4.78 is 15.0. The van der Waals surface area contributed by atoms with Gasteiger partial charge in [0.15, 0.2) is 0 Å². The van der Waals surface area contributed by atoms with Crippen LogP contribution in [0.3, 0.4) is 0 Å². The van der Waals surface area contributed by atoms with Gasteiger partial charge in [0.25, 0.3) is 0 Å². The van der Waals surface area contributed by atoms with E-state index >= 15 is 0 Å². The molecule has 0 saturated heterocycles. The van der Waals surface area contributed by atoms with E-state index in [9.17, 15) is 4.39 Å². The zero-order valence-electron chi connectivity index (χ0n) is 11.7. The highest BCUT2D eigenvalue weighted by atomic mass is 35.5. The first-order chi connectivity index (χ1) is 9.51. The molecule has 20 heavy (non-hydrogen) atoms. The molecule has 1 aromatic carbocycles. The van der Waals surface area contributed by atoms with Crippen LogP contribution in [0.4, 0.5) is 4.39 Å². The third-order valence-electron chi connectivity index (χ3n) is 3.30. The molecule has 0 aliphatic heterocycles. The van der Waals surface area contributed by atoms with Gasteiger partial charge in [-0.2, -0.15) is 5.10 Å². The first-order valence-electron chi connectivity index (χ1n) is 6.73. The lowest BCUT2D eigenvalue weighted by Gasteiger charge is -2.13. The summed E-state index contributed by atoms with van der Waals surface area (Å²) in [7, 11) is 0. The van der Waals surface area contributed by atoms with Gasteiger partial charge in [0.1, 0.15) is 5.82 Å². The molecule has 1 atom stereocenters. The smallest absolute Gasteiger partial charge is 0.123 e. The first-order valence-corrected chi connectivity index (χ1v) is 7.10. The van der Waals surface area contributed by atoms with Gasteiger partial charge < -0.3 is 5.73 Å². The molecule has 5 heteroatoms. The molecule has 2 N–H and O–H groups in total. The van der Waals surface area contributed by atoms with E-state index < -0.39 is 0 Å². The van der Waals surface area contributed by atoms with Crippen molar-refractivity contribution in [2.24, 2.45) is 5.73 Å². The van der Waals surface area contributed by atoms with Crippen LogP contribution in [0.15, 0.2) is 24.3 Å². The van der Waals surface area contributed by atoms with Crippen LogP contribution in [-0.2, 0) is 19.4 Å². The Hall–Kier alpha value is -1.39. The van der Waals surface area contributed by atoms with E-state index in [1.165, 1.54) is 12.1 Å². The minimum atomic E-state index is -0.234. The van der Waals surface area contributed by atoms with E-state index in [1.54, 1.807) is 6.07 Å². The number of benzene rings is 1. The molecule has 0 aliphatic carbocycles. The summed E-state index contributed by atoms with van der Waals surface area (Å²) >= 11 is 6.27. The lowest BCUT2D eigenvalue weighted by molar-refractivity contribution is 0.572. The molecule has 0 saturated carbocycles. The van der Waals surface area contributed by atoms with Crippen LogP contribution in [-0.4, -0.2) is 15.8 Å². The quantitative estimate of drug-likeness (QED) is 0.921. The molecule has 0 amide bonds. The van der Waals surface area contributed by atoms with Crippen LogP contribution < -0.4 is 5.73 Å². The van der Waals surface area contributed by atoms with Crippen molar-refractivity contribution in [1.82, 2.24) is 9.78 Å². The highest BCUT2D eigenvalue weighted by Gasteiger charge is 2.16. The molecular formula is C15H19ClFN3. The molecule has 2 aromatic rings. The van der Waals surface area contributed by atoms with Crippen molar-refractivity contribution in [3.05, 3.63) is 52.1 Å². The molecule has 108 valence electrons. The molecule has 1 heterocycles. The Labute approximate surface area is 123 Å². The highest BCUT2D eigenvalue weighted by molar-refractivity contribution is 6.31. The monoisotopic (exact) mass is 295 g/mol. The van der Waals surface area contributed by atoms with E-state index in [2.05, 4.69) is 5.10 Å². The maximum Gasteiger partial charge on any atom is 0.123 e. The first kappa shape index (κ1) is 15.0. The van der Waals surface area contributed by atoms with E-state index in [0.29, 0.717) is 17.9 Å². The Morgan fingerprint density at radius 3 is 2.80 bits per heavy atom. The van der Waals surface area contributed by atoms with Gasteiger partial charge in [-0.1, -0.05) is 23.7 Å². The van der Waals surface area contributed by atoms with E-state index in [1.807, 2.05) is 24.6 Å². The maximum absolute atomic E-state index is 13.2. The fourth-order valence-electron chi connectivity index (χ4n) is 2.35. The van der Waals surface area contributed by atoms with E-state index in [0.717, 1.165) is 23.5 Å². The number of nitrogens with zero attached hydrogens (tertiary/aromatic N) is 2. The summed E-state index contributed by atoms with van der Waals surface area (Å²) in [5.74, 6) is -0.234. The molecule has 0 spiro atoms. The molecule has 2 rings (SSSR count). The second-order valence-electron chi connectivity index (χ2n) is 4.96. The van der Waals surface area contributed by atoms with Gasteiger partial charge in [-0.05, 0) is 38.0 Å². The lowest BCUT2D eigenvalue weighted by atomic mass is 10.0. The molecule has 0 aliphatic rings. The molecule has 3 nitrogen and oxygen atoms in total. The Morgan fingerprint density at radius 1 is 1.40 bits per heavy atom. The van der Waals surface area contributed by atoms with E-state index in [-0.39, 0.29) is 11.9 Å². The Bertz CT molecular complexity index is 595. The normalized spacial score (nSPS) is 12.7. The third kappa shape index (κ3) is 3.38. The number of halogens is 2. The van der Waals surface area contributed by atoms with Gasteiger partial charge >= 0.3 is 0 Å². The topological polar surface area (TPSA) is 43.8 Å². The SMILES string of the molecule is CCn1nc(C)c(Cl)c1CC(N)Cc1cccc(F)c1. The Balaban J connectivity index is 2.10. The summed E-state index contributed by atoms with van der Waals surface area (Å²) in [5, 5.41) is 5.05. The number of aryl methyl sites for hydroxylation is 2. The summed E-state index contributed by atoms with van der Waals surface area (Å²) in [6, 6.07) is 6.42. The van der Waals surface area contributed by atoms with Crippen molar-refractivity contribution in [2.75, 3.05) is 0 Å². The van der Waals surface area contributed by atoms with Crippen molar-refractivity contribution >= 4 is 11.6 Å². The van der Waals surface area contributed by atoms with Gasteiger partial charge in [0.05, 0.1) is 16.4 Å². The largest absolute Gasteiger partial charge is 0.327 e. The maximum atomic E-state index is 13.2. The van der Waals surface area contributed by atoms with Crippen molar-refractivity contribution in [3.8, 4) is 0 Å². The lowest BCUT2D eigenvalue weighted by Crippen LogP contribution is -2.27. The molecule has 0 fully saturated rings. The Morgan fingerprint density at radius 2 is 2.15 bits per heavy atom. The molecular weight excluding hydrogens is 277 g/mol. The van der Waals surface area contributed by atoms with Crippen LogP contribution in [0.2, 0.25) is 5.02 Å². The average molecular weight is 296 g/mol. The van der Waals surface area contributed by atoms with Crippen molar-refractivity contribution in [1.29, 1.82) is 0 Å². The van der Waals surface area contributed by atoms with Gasteiger partial charge in [-0.15, -0.1) is 0 Å². The predicted molar refractivity (Wildman–Crippen MR) is 79.4 cm³/mol. The number of rotatable bonds is 5. The van der Waals surface area contributed by atoms with Crippen LogP contribution in [0.5, 0.6) is 0 Å². The summed E-state index contributed by atoms with van der Waals surface area (Å²) in [4.78, 5) is 0. The number of nitrogens with two attached hydrogens (primary N) is 1. The Kier molecular flexibility index (Phi) is 4.78. The number of hydrogen-bond acceptors (Lipinski definition) is 2. The van der Waals surface area contributed by atoms with Gasteiger partial charge in [0.2, 0.25) is 0 Å². The standard InChI is InChI=1S/C15H19ClFN3/c1-3-20-14(15(16)10(2)19-20)9-13(18)8-11-5-4-6-12(17)7-11/h4-7,13H,3,8-9,18H2,1-2H3. The van der Waals surface area contributed by atoms with Crippen molar-refractivity contribution in [2.45, 2.75) is 39.3 Å². The second-order valence-corrected chi connectivity index (χ2v) is 5.34. The molecule has 0 bridgehead atoms. The fourth-order valence-corrected chi connectivity index (χ4v) is 2.56. The molecule has 1 aromatic heterocycles. The third-order valence-corrected chi connectivity index (χ3v) is 3.79. The van der Waals surface area contributed by atoms with Crippen LogP contribution in [0, 0.1) is 12.7 Å². The van der Waals surface area contributed by atoms with Crippen molar-refractivity contribution in [3.63, 3.8) is 0 Å². The minimum absolute atomic E-state index is 0.115. The molecule has 1 unspecified atom stereocenters. The summed E-state index contributed by atoms with van der Waals surface area (Å²) in [6.07, 6.45) is 1.24. The zero-order chi connectivity index (χ0) is 14.7.